The zero-order valence-corrected chi connectivity index (χ0v) is 35.9. The molecule has 4 atom stereocenters. The van der Waals surface area contributed by atoms with Crippen LogP contribution in [0.15, 0.2) is 109 Å². The van der Waals surface area contributed by atoms with Crippen LogP contribution in [-0.2, 0) is 42.4 Å². The number of carbonyl (C=O) groups excluding carboxylic acids is 2. The van der Waals surface area contributed by atoms with E-state index in [1.807, 2.05) is 70.5 Å². The third-order valence-electron chi connectivity index (χ3n) is 13.6. The van der Waals surface area contributed by atoms with Gasteiger partial charge in [0.05, 0.1) is 36.1 Å². The molecule has 3 aliphatic rings. The molecule has 8 heteroatoms. The van der Waals surface area contributed by atoms with Gasteiger partial charge in [-0.15, -0.1) is 0 Å². The van der Waals surface area contributed by atoms with Gasteiger partial charge in [-0.3, -0.25) is 9.59 Å². The van der Waals surface area contributed by atoms with E-state index < -0.39 is 39.7 Å². The minimum Gasteiger partial charge on any atom is -0.411 e. The monoisotopic (exact) mass is 758 g/mol. The topological polar surface area (TPSA) is 59.1 Å². The van der Waals surface area contributed by atoms with Crippen LogP contribution in [0.5, 0.6) is 0 Å². The number of nitrogens with zero attached hydrogens (tertiary/aromatic N) is 2. The fourth-order valence-electron chi connectivity index (χ4n) is 8.68. The maximum absolute atomic E-state index is 16.1. The van der Waals surface area contributed by atoms with Gasteiger partial charge in [-0.25, -0.2) is 0 Å². The van der Waals surface area contributed by atoms with Crippen molar-refractivity contribution in [1.29, 1.82) is 0 Å². The predicted molar refractivity (Wildman–Crippen MR) is 225 cm³/mol. The highest BCUT2D eigenvalue weighted by Crippen LogP contribution is 2.65. The molecule has 0 N–H and O–H groups in total. The van der Waals surface area contributed by atoms with Crippen LogP contribution in [0, 0.1) is 0 Å². The normalized spacial score (nSPS) is 24.4. The lowest BCUT2D eigenvalue weighted by molar-refractivity contribution is -0.145. The fourth-order valence-corrected chi connectivity index (χ4v) is 11.4. The molecular formula is C46H58N2O4Si2. The van der Waals surface area contributed by atoms with Crippen molar-refractivity contribution in [3.63, 3.8) is 0 Å². The van der Waals surface area contributed by atoms with Crippen LogP contribution in [-0.4, -0.2) is 40.7 Å². The third-order valence-corrected chi connectivity index (χ3v) is 22.6. The van der Waals surface area contributed by atoms with Crippen LogP contribution in [0.3, 0.4) is 0 Å². The van der Waals surface area contributed by atoms with Crippen molar-refractivity contribution in [3.05, 3.63) is 131 Å². The molecule has 2 amide bonds. The number of hydrogen-bond donors (Lipinski definition) is 0. The van der Waals surface area contributed by atoms with Crippen molar-refractivity contribution in [2.24, 2.45) is 0 Å². The van der Waals surface area contributed by atoms with Crippen molar-refractivity contribution in [2.75, 3.05) is 9.80 Å². The van der Waals surface area contributed by atoms with Crippen molar-refractivity contribution < 1.29 is 18.4 Å². The standard InChI is InChI=1S/C46H58N2O4Si2/c1-43(2,3)53(7,8)51-39-29-45(35-25-17-19-27-37(35)47(41(45)49)31-33-21-13-11-14-22-33)46(30-40(39)52-54(9,10)44(4,5)6)36-26-18-20-28-38(36)48(42(46)50)32-34-23-15-12-16-24-34/h11-28,39-40H,29-32H2,1-10H3/t39-,40-,45-,46-/m1/s1. The molecule has 4 aromatic carbocycles. The largest absolute Gasteiger partial charge is 0.411 e. The molecule has 0 radical (unpaired) electrons. The van der Waals surface area contributed by atoms with Crippen molar-refractivity contribution >= 4 is 39.8 Å². The lowest BCUT2D eigenvalue weighted by atomic mass is 9.50. The molecule has 4 aromatic rings. The molecule has 0 bridgehead atoms. The van der Waals surface area contributed by atoms with Gasteiger partial charge in [-0.2, -0.15) is 0 Å². The van der Waals surface area contributed by atoms with Crippen LogP contribution in [0.4, 0.5) is 11.4 Å². The molecular weight excluding hydrogens is 701 g/mol. The van der Waals surface area contributed by atoms with E-state index in [0.717, 1.165) is 33.6 Å². The average molecular weight is 759 g/mol. The summed E-state index contributed by atoms with van der Waals surface area (Å²) in [5.41, 5.74) is 3.16. The minimum atomic E-state index is -2.40. The van der Waals surface area contributed by atoms with Crippen LogP contribution >= 0.6 is 0 Å². The van der Waals surface area contributed by atoms with Gasteiger partial charge in [0.15, 0.2) is 16.6 Å². The highest BCUT2D eigenvalue weighted by Gasteiger charge is 2.74. The summed E-state index contributed by atoms with van der Waals surface area (Å²) in [6.45, 7) is 23.6. The Hall–Kier alpha value is -3.83. The van der Waals surface area contributed by atoms with E-state index in [1.165, 1.54) is 0 Å². The molecule has 1 fully saturated rings. The Labute approximate surface area is 325 Å². The summed E-state index contributed by atoms with van der Waals surface area (Å²) in [6, 6.07) is 36.8. The van der Waals surface area contributed by atoms with Gasteiger partial charge >= 0.3 is 0 Å². The second-order valence-electron chi connectivity index (χ2n) is 18.8. The smallest absolute Gasteiger partial charge is 0.239 e. The molecule has 0 aromatic heterocycles. The average Bonchev–Trinajstić information content (AvgIpc) is 3.48. The van der Waals surface area contributed by atoms with Crippen molar-refractivity contribution in [3.8, 4) is 0 Å². The quantitative estimate of drug-likeness (QED) is 0.168. The Morgan fingerprint density at radius 3 is 1.19 bits per heavy atom. The first-order valence-corrected chi connectivity index (χ1v) is 25.4. The predicted octanol–water partition coefficient (Wildman–Crippen LogP) is 10.5. The number of hydrogen-bond acceptors (Lipinski definition) is 4. The summed E-state index contributed by atoms with van der Waals surface area (Å²) < 4.78 is 15.0. The molecule has 284 valence electrons. The van der Waals surface area contributed by atoms with Gasteiger partial charge in [0.25, 0.3) is 0 Å². The second-order valence-corrected chi connectivity index (χ2v) is 28.4. The van der Waals surface area contributed by atoms with Gasteiger partial charge in [0, 0.05) is 11.4 Å². The van der Waals surface area contributed by atoms with Gasteiger partial charge in [0.2, 0.25) is 11.8 Å². The lowest BCUT2D eigenvalue weighted by Gasteiger charge is -2.56. The first kappa shape index (κ1) is 38.4. The molecule has 54 heavy (non-hydrogen) atoms. The molecule has 1 saturated carbocycles. The molecule has 0 saturated heterocycles. The second kappa shape index (κ2) is 13.4. The number of benzene rings is 4. The Morgan fingerprint density at radius 1 is 0.537 bits per heavy atom. The summed E-state index contributed by atoms with van der Waals surface area (Å²) in [5, 5.41) is -0.147. The van der Waals surface area contributed by atoms with Gasteiger partial charge in [-0.05, 0) is 83.5 Å². The zero-order valence-electron chi connectivity index (χ0n) is 33.9. The number of rotatable bonds is 8. The van der Waals surface area contributed by atoms with E-state index in [4.69, 9.17) is 8.85 Å². The molecule has 2 heterocycles. The van der Waals surface area contributed by atoms with E-state index in [-0.39, 0.29) is 21.9 Å². The summed E-state index contributed by atoms with van der Waals surface area (Å²) in [4.78, 5) is 36.0. The Bertz CT molecular complexity index is 1890. The van der Waals surface area contributed by atoms with Crippen molar-refractivity contribution in [2.45, 2.75) is 127 Å². The Balaban J connectivity index is 1.49. The summed E-state index contributed by atoms with van der Waals surface area (Å²) >= 11 is 0. The number of fused-ring (bicyclic) bond motifs is 5. The van der Waals surface area contributed by atoms with E-state index >= 15 is 9.59 Å². The van der Waals surface area contributed by atoms with E-state index in [9.17, 15) is 0 Å². The molecule has 2 aliphatic heterocycles. The minimum absolute atomic E-state index is 0.0353. The number of amides is 2. The molecule has 1 aliphatic carbocycles. The zero-order chi connectivity index (χ0) is 38.9. The van der Waals surface area contributed by atoms with Crippen LogP contribution in [0.25, 0.3) is 0 Å². The molecule has 0 unspecified atom stereocenters. The maximum atomic E-state index is 16.1. The first-order chi connectivity index (χ1) is 25.3. The number of para-hydroxylation sites is 2. The van der Waals surface area contributed by atoms with Crippen LogP contribution in [0.2, 0.25) is 36.3 Å². The first-order valence-electron chi connectivity index (χ1n) is 19.6. The van der Waals surface area contributed by atoms with Crippen molar-refractivity contribution in [1.82, 2.24) is 0 Å². The SMILES string of the molecule is CC(C)(C)[Si](C)(C)O[C@@H]1C[C@@]2(C(=O)N(Cc3ccccc3)c3ccccc32)[C@@]2(C[C@H]1O[Si](C)(C)C(C)(C)C)C(=O)N(Cc1ccccc1)c1ccccc12. The van der Waals surface area contributed by atoms with E-state index in [2.05, 4.69) is 116 Å². The Kier molecular flexibility index (Phi) is 9.56. The highest BCUT2D eigenvalue weighted by atomic mass is 28.4. The van der Waals surface area contributed by atoms with Crippen LogP contribution in [0.1, 0.15) is 76.6 Å². The summed E-state index contributed by atoms with van der Waals surface area (Å²) in [5.74, 6) is -0.0706. The number of anilines is 2. The maximum Gasteiger partial charge on any atom is 0.239 e. The molecule has 6 nitrogen and oxygen atoms in total. The third kappa shape index (κ3) is 6.04. The van der Waals surface area contributed by atoms with Gasteiger partial charge in [-0.1, -0.05) is 139 Å². The fraction of sp³-hybridized carbons (Fsp3) is 0.435. The van der Waals surface area contributed by atoms with Crippen LogP contribution < -0.4 is 9.80 Å². The van der Waals surface area contributed by atoms with Gasteiger partial charge in [0.1, 0.15) is 0 Å². The lowest BCUT2D eigenvalue weighted by Crippen LogP contribution is -2.68. The highest BCUT2D eigenvalue weighted by molar-refractivity contribution is 6.74. The van der Waals surface area contributed by atoms with E-state index in [1.54, 1.807) is 0 Å². The Morgan fingerprint density at radius 2 is 0.852 bits per heavy atom. The molecule has 7 rings (SSSR count). The number of carbonyl (C=O) groups is 2. The summed E-state index contributed by atoms with van der Waals surface area (Å²) in [7, 11) is -4.81. The molecule has 2 spiro atoms. The van der Waals surface area contributed by atoms with E-state index in [0.29, 0.717) is 25.9 Å². The van der Waals surface area contributed by atoms with Gasteiger partial charge < -0.3 is 18.7 Å². The summed E-state index contributed by atoms with van der Waals surface area (Å²) in [6.07, 6.45) is -0.108.